The first-order chi connectivity index (χ1) is 20.2. The van der Waals surface area contributed by atoms with Gasteiger partial charge in [-0.2, -0.15) is 0 Å². The zero-order valence-corrected chi connectivity index (χ0v) is 25.1. The number of hydrogen-bond acceptors (Lipinski definition) is 8. The van der Waals surface area contributed by atoms with Crippen molar-refractivity contribution < 1.29 is 33.4 Å². The molecule has 10 nitrogen and oxygen atoms in total. The van der Waals surface area contributed by atoms with E-state index in [1.54, 1.807) is 21.0 Å². The van der Waals surface area contributed by atoms with Crippen LogP contribution in [0.2, 0.25) is 0 Å². The molecule has 0 radical (unpaired) electrons. The number of ether oxygens (including phenoxy) is 3. The molecule has 2 amide bonds. The van der Waals surface area contributed by atoms with Crippen LogP contribution in [0.3, 0.4) is 0 Å². The third-order valence-electron chi connectivity index (χ3n) is 8.37. The lowest BCUT2D eigenvalue weighted by molar-refractivity contribution is -0.134. The van der Waals surface area contributed by atoms with Crippen molar-refractivity contribution in [3.63, 3.8) is 0 Å². The van der Waals surface area contributed by atoms with Crippen LogP contribution in [0.15, 0.2) is 35.9 Å². The third-order valence-corrected chi connectivity index (χ3v) is 8.37. The Kier molecular flexibility index (Phi) is 11.3. The van der Waals surface area contributed by atoms with E-state index in [2.05, 4.69) is 16.7 Å². The van der Waals surface area contributed by atoms with E-state index in [0.717, 1.165) is 31.2 Å². The Balaban J connectivity index is 1.45. The normalized spacial score (nSPS) is 22.7. The number of hydrogen-bond donors (Lipinski definition) is 2. The van der Waals surface area contributed by atoms with Gasteiger partial charge in [-0.1, -0.05) is 23.8 Å². The van der Waals surface area contributed by atoms with E-state index in [1.807, 2.05) is 29.2 Å². The number of carbonyl (C=O) groups is 4. The van der Waals surface area contributed by atoms with E-state index >= 15 is 0 Å². The first-order valence-electron chi connectivity index (χ1n) is 15.1. The van der Waals surface area contributed by atoms with Crippen LogP contribution in [0.1, 0.15) is 57.9 Å². The molecule has 2 aliphatic heterocycles. The number of allylic oxidation sites excluding steroid dienone is 1. The number of carbonyl (C=O) groups excluding carboxylic acids is 4. The molecule has 0 bridgehead atoms. The van der Waals surface area contributed by atoms with Gasteiger partial charge >= 0.3 is 0 Å². The molecule has 42 heavy (non-hydrogen) atoms. The van der Waals surface area contributed by atoms with Gasteiger partial charge in [0.15, 0.2) is 11.6 Å². The molecule has 3 aliphatic rings. The van der Waals surface area contributed by atoms with Gasteiger partial charge in [-0.15, -0.1) is 0 Å². The minimum Gasteiger partial charge on any atom is -0.497 e. The van der Waals surface area contributed by atoms with Gasteiger partial charge in [0.05, 0.1) is 45.6 Å². The Hall–Kier alpha value is -3.08. The molecule has 1 aliphatic carbocycles. The monoisotopic (exact) mass is 583 g/mol. The van der Waals surface area contributed by atoms with E-state index in [4.69, 9.17) is 14.2 Å². The molecule has 2 N–H and O–H groups in total. The third kappa shape index (κ3) is 9.21. The van der Waals surface area contributed by atoms with Crippen molar-refractivity contribution in [2.45, 2.75) is 76.5 Å². The van der Waals surface area contributed by atoms with E-state index < -0.39 is 23.6 Å². The summed E-state index contributed by atoms with van der Waals surface area (Å²) >= 11 is 0. The average molecular weight is 584 g/mol. The van der Waals surface area contributed by atoms with Gasteiger partial charge < -0.3 is 24.8 Å². The number of nitrogens with zero attached hydrogens (tertiary/aromatic N) is 1. The number of morpholine rings is 1. The summed E-state index contributed by atoms with van der Waals surface area (Å²) in [6, 6.07) is 5.88. The van der Waals surface area contributed by atoms with E-state index in [9.17, 15) is 19.2 Å². The molecule has 4 atom stereocenters. The number of ketones is 2. The molecule has 2 fully saturated rings. The molecule has 2 saturated heterocycles. The summed E-state index contributed by atoms with van der Waals surface area (Å²) in [7, 11) is 1.58. The molecule has 4 rings (SSSR count). The number of benzene rings is 1. The van der Waals surface area contributed by atoms with Gasteiger partial charge in [0.25, 0.3) is 0 Å². The minimum absolute atomic E-state index is 0.0752. The summed E-state index contributed by atoms with van der Waals surface area (Å²) in [5.41, 5.74) is 1.15. The highest BCUT2D eigenvalue weighted by molar-refractivity contribution is 5.98. The van der Waals surface area contributed by atoms with Gasteiger partial charge in [0.2, 0.25) is 11.8 Å². The lowest BCUT2D eigenvalue weighted by Gasteiger charge is -2.27. The molecule has 1 aromatic carbocycles. The maximum atomic E-state index is 13.8. The zero-order valence-electron chi connectivity index (χ0n) is 25.1. The average Bonchev–Trinajstić information content (AvgIpc) is 3.75. The first-order valence-corrected chi connectivity index (χ1v) is 15.1. The highest BCUT2D eigenvalue weighted by Gasteiger charge is 2.50. The molecule has 10 heteroatoms. The summed E-state index contributed by atoms with van der Waals surface area (Å²) in [5, 5.41) is 5.79. The number of rotatable bonds is 15. The molecule has 4 unspecified atom stereocenters. The fraction of sp³-hybridized carbons (Fsp3) is 0.625. The largest absolute Gasteiger partial charge is 0.497 e. The number of amides is 2. The maximum Gasteiger partial charge on any atom is 0.234 e. The van der Waals surface area contributed by atoms with Crippen molar-refractivity contribution in [2.24, 2.45) is 5.92 Å². The molecule has 0 saturated carbocycles. The van der Waals surface area contributed by atoms with Crippen molar-refractivity contribution in [3.8, 4) is 5.75 Å². The van der Waals surface area contributed by atoms with Crippen LogP contribution in [0.25, 0.3) is 0 Å². The van der Waals surface area contributed by atoms with Crippen molar-refractivity contribution in [1.29, 1.82) is 0 Å². The fourth-order valence-corrected chi connectivity index (χ4v) is 5.52. The van der Waals surface area contributed by atoms with Crippen molar-refractivity contribution in [1.82, 2.24) is 15.5 Å². The van der Waals surface area contributed by atoms with Crippen LogP contribution in [-0.4, -0.2) is 92.5 Å². The van der Waals surface area contributed by atoms with Crippen LogP contribution in [0.4, 0.5) is 0 Å². The summed E-state index contributed by atoms with van der Waals surface area (Å²) in [6.45, 7) is 6.43. The van der Waals surface area contributed by atoms with Gasteiger partial charge in [-0.25, -0.2) is 0 Å². The maximum absolute atomic E-state index is 13.8. The highest BCUT2D eigenvalue weighted by Crippen LogP contribution is 2.31. The van der Waals surface area contributed by atoms with Crippen molar-refractivity contribution >= 4 is 23.4 Å². The molecule has 1 aromatic rings. The quantitative estimate of drug-likeness (QED) is 0.238. The second-order valence-electron chi connectivity index (χ2n) is 11.9. The molecular weight excluding hydrogens is 538 g/mol. The van der Waals surface area contributed by atoms with Crippen LogP contribution >= 0.6 is 0 Å². The minimum atomic E-state index is -0.881. The summed E-state index contributed by atoms with van der Waals surface area (Å²) in [4.78, 5) is 55.1. The smallest absolute Gasteiger partial charge is 0.234 e. The first kappa shape index (κ1) is 31.8. The standard InChI is InChI=1S/C32H45N3O7/c1-22(33-29(37)20-35-13-15-41-16-14-35)28(36)19-25(17-24-9-11-26(40-3)12-10-24)31(39)34-27(30(38)32(2)21-42-32)18-23-7-5-4-6-8-23/h7,9-12,22,25,27H,4-6,8,13-21H2,1-3H3,(H,33,37)(H,34,39). The Labute approximate surface area is 248 Å². The number of Topliss-reactive ketones (excluding diaryl/α,β-unsaturated/α-hetero) is 2. The van der Waals surface area contributed by atoms with Gasteiger partial charge in [0, 0.05) is 25.4 Å². The second kappa shape index (κ2) is 14.9. The van der Waals surface area contributed by atoms with E-state index in [0.29, 0.717) is 51.5 Å². The number of epoxide rings is 1. The molecule has 0 aromatic heterocycles. The van der Waals surface area contributed by atoms with Crippen LogP contribution in [-0.2, 0) is 35.1 Å². The summed E-state index contributed by atoms with van der Waals surface area (Å²) in [5.74, 6) is -1.01. The molecule has 230 valence electrons. The van der Waals surface area contributed by atoms with Gasteiger partial charge in [-0.3, -0.25) is 24.1 Å². The molecular formula is C32H45N3O7. The second-order valence-corrected chi connectivity index (χ2v) is 11.9. The Morgan fingerprint density at radius 2 is 1.76 bits per heavy atom. The van der Waals surface area contributed by atoms with Crippen LogP contribution in [0, 0.1) is 5.92 Å². The lowest BCUT2D eigenvalue weighted by Crippen LogP contribution is -2.50. The molecule has 2 heterocycles. The predicted molar refractivity (Wildman–Crippen MR) is 157 cm³/mol. The van der Waals surface area contributed by atoms with E-state index in [1.165, 1.54) is 5.57 Å². The van der Waals surface area contributed by atoms with Crippen molar-refractivity contribution in [2.75, 3.05) is 46.6 Å². The van der Waals surface area contributed by atoms with Crippen LogP contribution in [0.5, 0.6) is 5.75 Å². The number of methoxy groups -OCH3 is 1. The fourth-order valence-electron chi connectivity index (χ4n) is 5.52. The topological polar surface area (TPSA) is 127 Å². The molecule has 0 spiro atoms. The van der Waals surface area contributed by atoms with Gasteiger partial charge in [-0.05, 0) is 70.1 Å². The van der Waals surface area contributed by atoms with Crippen molar-refractivity contribution in [3.05, 3.63) is 41.5 Å². The highest BCUT2D eigenvalue weighted by atomic mass is 16.6. The Morgan fingerprint density at radius 3 is 2.38 bits per heavy atom. The van der Waals surface area contributed by atoms with E-state index in [-0.39, 0.29) is 36.3 Å². The summed E-state index contributed by atoms with van der Waals surface area (Å²) in [6.07, 6.45) is 6.92. The SMILES string of the molecule is COc1ccc(CC(CC(=O)C(C)NC(=O)CN2CCOCC2)C(=O)NC(CC2=CCCCC2)C(=O)C2(C)CO2)cc1. The predicted octanol–water partition coefficient (Wildman–Crippen LogP) is 2.38. The zero-order chi connectivity index (χ0) is 30.1. The number of nitrogens with one attached hydrogen (secondary N) is 2. The Morgan fingerprint density at radius 1 is 1.05 bits per heavy atom. The van der Waals surface area contributed by atoms with Gasteiger partial charge in [0.1, 0.15) is 11.4 Å². The van der Waals surface area contributed by atoms with Crippen LogP contribution < -0.4 is 15.4 Å². The lowest BCUT2D eigenvalue weighted by atomic mass is 9.88. The Bertz CT molecular complexity index is 1140. The summed E-state index contributed by atoms with van der Waals surface area (Å²) < 4.78 is 16.0.